The molecule has 0 bridgehead atoms. The number of hydrogen-bond donors (Lipinski definition) is 2. The van der Waals surface area contributed by atoms with Gasteiger partial charge in [-0.3, -0.25) is 20.3 Å². The first-order valence-corrected chi connectivity index (χ1v) is 10.7. The molecule has 160 valence electrons. The zero-order chi connectivity index (χ0) is 22.6. The fourth-order valence-corrected chi connectivity index (χ4v) is 3.82. The van der Waals surface area contributed by atoms with E-state index in [9.17, 15) is 22.9 Å². The third-order valence-corrected chi connectivity index (χ3v) is 5.81. The molecule has 0 aliphatic rings. The molecule has 0 atom stereocenters. The van der Waals surface area contributed by atoms with E-state index < -0.39 is 26.5 Å². The van der Waals surface area contributed by atoms with Crippen LogP contribution >= 0.6 is 11.6 Å². The van der Waals surface area contributed by atoms with Crippen molar-refractivity contribution >= 4 is 44.4 Å². The van der Waals surface area contributed by atoms with Crippen LogP contribution in [0.3, 0.4) is 0 Å². The summed E-state index contributed by atoms with van der Waals surface area (Å²) in [6.45, 7) is 1.53. The van der Waals surface area contributed by atoms with E-state index in [1.807, 2.05) is 0 Å². The van der Waals surface area contributed by atoms with Crippen molar-refractivity contribution in [3.63, 3.8) is 0 Å². The zero-order valence-corrected chi connectivity index (χ0v) is 17.6. The lowest BCUT2D eigenvalue weighted by atomic mass is 10.1. The van der Waals surface area contributed by atoms with Crippen LogP contribution < -0.4 is 10.1 Å². The first kappa shape index (κ1) is 22.2. The molecule has 0 saturated heterocycles. The van der Waals surface area contributed by atoms with Crippen LogP contribution in [0, 0.1) is 15.9 Å². The lowest BCUT2D eigenvalue weighted by molar-refractivity contribution is -0.384. The van der Waals surface area contributed by atoms with Gasteiger partial charge >= 0.3 is 0 Å². The van der Waals surface area contributed by atoms with Crippen LogP contribution in [0.4, 0.5) is 21.5 Å². The van der Waals surface area contributed by atoms with E-state index in [1.54, 1.807) is 6.07 Å². The van der Waals surface area contributed by atoms with Crippen molar-refractivity contribution in [2.24, 2.45) is 5.10 Å². The average molecular weight is 463 g/mol. The molecule has 31 heavy (non-hydrogen) atoms. The first-order chi connectivity index (χ1) is 14.7. The molecule has 3 aromatic carbocycles. The predicted molar refractivity (Wildman–Crippen MR) is 118 cm³/mol. The largest absolute Gasteiger partial charge is 0.295 e. The van der Waals surface area contributed by atoms with Crippen molar-refractivity contribution in [1.29, 1.82) is 0 Å². The molecule has 8 nitrogen and oxygen atoms in total. The quantitative estimate of drug-likeness (QED) is 0.290. The topological polar surface area (TPSA) is 114 Å². The van der Waals surface area contributed by atoms with Crippen molar-refractivity contribution < 1.29 is 17.7 Å². The van der Waals surface area contributed by atoms with Crippen LogP contribution in [0.1, 0.15) is 12.5 Å². The molecule has 0 spiro atoms. The summed E-state index contributed by atoms with van der Waals surface area (Å²) in [5.41, 5.74) is 2.68. The number of nitro benzene ring substituents is 1. The Hall–Kier alpha value is -3.50. The first-order valence-electron chi connectivity index (χ1n) is 8.79. The van der Waals surface area contributed by atoms with Gasteiger partial charge in [0, 0.05) is 22.3 Å². The number of nitro groups is 1. The number of nitrogens with zero attached hydrogens (tertiary/aromatic N) is 2. The molecule has 3 rings (SSSR count). The minimum atomic E-state index is -4.09. The number of halogens is 2. The Morgan fingerprint density at radius 1 is 1.10 bits per heavy atom. The van der Waals surface area contributed by atoms with E-state index in [0.29, 0.717) is 5.02 Å². The van der Waals surface area contributed by atoms with Crippen LogP contribution in [-0.2, 0) is 10.0 Å². The number of hydrazone groups is 1. The van der Waals surface area contributed by atoms with Gasteiger partial charge in [0.25, 0.3) is 15.7 Å². The Morgan fingerprint density at radius 3 is 2.42 bits per heavy atom. The highest BCUT2D eigenvalue weighted by Crippen LogP contribution is 2.29. The van der Waals surface area contributed by atoms with E-state index >= 15 is 0 Å². The van der Waals surface area contributed by atoms with E-state index in [1.165, 1.54) is 61.5 Å². The molecule has 0 saturated carbocycles. The number of anilines is 2. The van der Waals surface area contributed by atoms with Gasteiger partial charge in [0.15, 0.2) is 0 Å². The number of nitrogens with one attached hydrogen (secondary N) is 2. The van der Waals surface area contributed by atoms with E-state index in [0.717, 1.165) is 6.07 Å². The highest BCUT2D eigenvalue weighted by molar-refractivity contribution is 7.92. The van der Waals surface area contributed by atoms with Gasteiger partial charge in [0.05, 0.1) is 15.5 Å². The Kier molecular flexibility index (Phi) is 6.52. The van der Waals surface area contributed by atoms with Gasteiger partial charge in [-0.15, -0.1) is 0 Å². The van der Waals surface area contributed by atoms with Gasteiger partial charge in [-0.1, -0.05) is 29.8 Å². The van der Waals surface area contributed by atoms with E-state index in [4.69, 9.17) is 11.6 Å². The lowest BCUT2D eigenvalue weighted by Gasteiger charge is -2.10. The SMILES string of the molecule is C/C(=N\Nc1ccc(S(=O)(=O)Nc2ccc(Cl)cc2)cc1[N+](=O)[O-])c1ccccc1F. The third kappa shape index (κ3) is 5.36. The van der Waals surface area contributed by atoms with Gasteiger partial charge in [-0.05, 0) is 49.4 Å². The fourth-order valence-electron chi connectivity index (χ4n) is 2.62. The van der Waals surface area contributed by atoms with E-state index in [2.05, 4.69) is 15.2 Å². The summed E-state index contributed by atoms with van der Waals surface area (Å²) in [5.74, 6) is -0.491. The van der Waals surface area contributed by atoms with Gasteiger partial charge < -0.3 is 0 Å². The third-order valence-electron chi connectivity index (χ3n) is 4.18. The van der Waals surface area contributed by atoms with Crippen molar-refractivity contribution in [3.05, 3.63) is 93.2 Å². The number of sulfonamides is 1. The fraction of sp³-hybridized carbons (Fsp3) is 0.0500. The summed E-state index contributed by atoms with van der Waals surface area (Å²) in [5, 5.41) is 15.9. The predicted octanol–water partition coefficient (Wildman–Crippen LogP) is 5.02. The average Bonchev–Trinajstić information content (AvgIpc) is 2.73. The maximum absolute atomic E-state index is 13.9. The summed E-state index contributed by atoms with van der Waals surface area (Å²) in [6, 6.07) is 15.2. The van der Waals surface area contributed by atoms with Gasteiger partial charge in [-0.25, -0.2) is 12.8 Å². The van der Waals surface area contributed by atoms with Gasteiger partial charge in [-0.2, -0.15) is 5.10 Å². The molecular formula is C20H16ClFN4O4S. The summed E-state index contributed by atoms with van der Waals surface area (Å²) >= 11 is 5.78. The van der Waals surface area contributed by atoms with Crippen LogP contribution in [0.5, 0.6) is 0 Å². The molecule has 0 unspecified atom stereocenters. The summed E-state index contributed by atoms with van der Waals surface area (Å²) in [7, 11) is -4.09. The lowest BCUT2D eigenvalue weighted by Crippen LogP contribution is -2.13. The molecule has 0 aromatic heterocycles. The molecule has 0 aliphatic heterocycles. The summed E-state index contributed by atoms with van der Waals surface area (Å²) in [4.78, 5) is 10.4. The highest BCUT2D eigenvalue weighted by atomic mass is 35.5. The van der Waals surface area contributed by atoms with Crippen molar-refractivity contribution in [1.82, 2.24) is 0 Å². The van der Waals surface area contributed by atoms with Gasteiger partial charge in [0.1, 0.15) is 11.5 Å². The maximum atomic E-state index is 13.9. The Labute approximate surface area is 182 Å². The van der Waals surface area contributed by atoms with Crippen molar-refractivity contribution in [2.75, 3.05) is 10.1 Å². The van der Waals surface area contributed by atoms with Crippen molar-refractivity contribution in [3.8, 4) is 0 Å². The number of hydrogen-bond acceptors (Lipinski definition) is 6. The molecule has 2 N–H and O–H groups in total. The monoisotopic (exact) mass is 462 g/mol. The number of benzene rings is 3. The Bertz CT molecular complexity index is 1260. The normalized spacial score (nSPS) is 11.8. The minimum Gasteiger partial charge on any atom is -0.280 e. The maximum Gasteiger partial charge on any atom is 0.295 e. The van der Waals surface area contributed by atoms with Crippen LogP contribution in [0.25, 0.3) is 0 Å². The van der Waals surface area contributed by atoms with Crippen LogP contribution in [-0.4, -0.2) is 19.1 Å². The second kappa shape index (κ2) is 9.11. The Morgan fingerprint density at radius 2 is 1.77 bits per heavy atom. The number of rotatable bonds is 7. The molecule has 0 heterocycles. The minimum absolute atomic E-state index is 0.0499. The van der Waals surface area contributed by atoms with Gasteiger partial charge in [0.2, 0.25) is 0 Å². The second-order valence-electron chi connectivity index (χ2n) is 6.34. The second-order valence-corrected chi connectivity index (χ2v) is 8.46. The van der Waals surface area contributed by atoms with E-state index in [-0.39, 0.29) is 27.5 Å². The molecule has 3 aromatic rings. The highest BCUT2D eigenvalue weighted by Gasteiger charge is 2.22. The van der Waals surface area contributed by atoms with Crippen molar-refractivity contribution in [2.45, 2.75) is 11.8 Å². The van der Waals surface area contributed by atoms with Crippen LogP contribution in [0.15, 0.2) is 76.7 Å². The molecule has 0 fully saturated rings. The molecule has 0 amide bonds. The molecule has 0 aliphatic carbocycles. The van der Waals surface area contributed by atoms with Crippen LogP contribution in [0.2, 0.25) is 5.02 Å². The molecular weight excluding hydrogens is 447 g/mol. The smallest absolute Gasteiger partial charge is 0.280 e. The summed E-state index contributed by atoms with van der Waals surface area (Å²) in [6.07, 6.45) is 0. The summed E-state index contributed by atoms with van der Waals surface area (Å²) < 4.78 is 41.4. The molecule has 0 radical (unpaired) electrons. The molecule has 11 heteroatoms. The Balaban J connectivity index is 1.89. The zero-order valence-electron chi connectivity index (χ0n) is 16.0. The standard InChI is InChI=1S/C20H16ClFN4O4S/c1-13(17-4-2-3-5-18(17)22)23-24-19-11-10-16(12-20(19)26(27)28)31(29,30)25-15-8-6-14(21)7-9-15/h2-12,24-25H,1H3/b23-13+.